The van der Waals surface area contributed by atoms with Gasteiger partial charge in [0.25, 0.3) is 5.91 Å². The number of urea groups is 1. The summed E-state index contributed by atoms with van der Waals surface area (Å²) in [5.41, 5.74) is 1.89. The molecule has 1 heterocycles. The molecule has 1 aliphatic carbocycles. The van der Waals surface area contributed by atoms with Crippen molar-refractivity contribution in [1.29, 1.82) is 0 Å². The van der Waals surface area contributed by atoms with Crippen LogP contribution in [0.15, 0.2) is 24.3 Å². The minimum absolute atomic E-state index is 0.0976. The zero-order valence-electron chi connectivity index (χ0n) is 14.1. The summed E-state index contributed by atoms with van der Waals surface area (Å²) < 4.78 is 0. The maximum Gasteiger partial charge on any atom is 0.327 e. The maximum absolute atomic E-state index is 12.2. The summed E-state index contributed by atoms with van der Waals surface area (Å²) in [4.78, 5) is 38.9. The Morgan fingerprint density at radius 1 is 1.25 bits per heavy atom. The van der Waals surface area contributed by atoms with E-state index < -0.39 is 0 Å². The Hall–Kier alpha value is -2.37. The van der Waals surface area contributed by atoms with Gasteiger partial charge in [-0.05, 0) is 42.9 Å². The van der Waals surface area contributed by atoms with Gasteiger partial charge in [-0.3, -0.25) is 14.5 Å². The third-order valence-electron chi connectivity index (χ3n) is 4.75. The van der Waals surface area contributed by atoms with Crippen molar-refractivity contribution in [2.24, 2.45) is 0 Å². The molecule has 2 aliphatic rings. The van der Waals surface area contributed by atoms with Crippen molar-refractivity contribution in [3.63, 3.8) is 0 Å². The van der Waals surface area contributed by atoms with Gasteiger partial charge >= 0.3 is 6.03 Å². The number of nitrogens with zero attached hydrogens (tertiary/aromatic N) is 2. The zero-order chi connectivity index (χ0) is 17.3. The predicted octanol–water partition coefficient (Wildman–Crippen LogP) is 2.57. The lowest BCUT2D eigenvalue weighted by Gasteiger charge is -2.16. The summed E-state index contributed by atoms with van der Waals surface area (Å²) >= 11 is 0. The molecule has 24 heavy (non-hydrogen) atoms. The molecule has 1 aromatic carbocycles. The van der Waals surface area contributed by atoms with E-state index >= 15 is 0 Å². The van der Waals surface area contributed by atoms with Gasteiger partial charge in [-0.25, -0.2) is 4.79 Å². The number of amides is 4. The van der Waals surface area contributed by atoms with Crippen molar-refractivity contribution in [3.05, 3.63) is 29.8 Å². The van der Waals surface area contributed by atoms with Crippen molar-refractivity contribution in [2.45, 2.75) is 45.1 Å². The molecule has 4 amide bonds. The minimum Gasteiger partial charge on any atom is -0.325 e. The van der Waals surface area contributed by atoms with Gasteiger partial charge in [-0.15, -0.1) is 0 Å². The molecule has 1 unspecified atom stereocenters. The first kappa shape index (κ1) is 16.5. The van der Waals surface area contributed by atoms with Crippen LogP contribution >= 0.6 is 0 Å². The average Bonchev–Trinajstić information content (AvgIpc) is 3.37. The molecule has 0 bridgehead atoms. The van der Waals surface area contributed by atoms with Crippen molar-refractivity contribution in [2.75, 3.05) is 18.4 Å². The van der Waals surface area contributed by atoms with E-state index in [0.29, 0.717) is 11.6 Å². The number of carbonyl (C=O) groups excluding carboxylic acids is 3. The summed E-state index contributed by atoms with van der Waals surface area (Å²) in [6, 6.07) is 7.52. The highest BCUT2D eigenvalue weighted by Crippen LogP contribution is 2.30. The third-order valence-corrected chi connectivity index (χ3v) is 4.75. The summed E-state index contributed by atoms with van der Waals surface area (Å²) in [6.07, 6.45) is 2.95. The van der Waals surface area contributed by atoms with E-state index in [9.17, 15) is 14.4 Å². The van der Waals surface area contributed by atoms with Crippen LogP contribution in [-0.4, -0.2) is 46.8 Å². The van der Waals surface area contributed by atoms with Crippen LogP contribution in [0.25, 0.3) is 0 Å². The minimum atomic E-state index is -0.356. The lowest BCUT2D eigenvalue weighted by atomic mass is 9.99. The Morgan fingerprint density at radius 3 is 2.50 bits per heavy atom. The van der Waals surface area contributed by atoms with Crippen LogP contribution in [0.1, 0.15) is 44.6 Å². The molecule has 1 saturated heterocycles. The van der Waals surface area contributed by atoms with Crippen molar-refractivity contribution >= 4 is 23.5 Å². The number of hydrogen-bond acceptors (Lipinski definition) is 3. The number of hydrogen-bond donors (Lipinski definition) is 1. The number of rotatable bonds is 6. The average molecular weight is 329 g/mol. The fourth-order valence-corrected chi connectivity index (χ4v) is 2.86. The van der Waals surface area contributed by atoms with E-state index in [2.05, 4.69) is 19.2 Å². The van der Waals surface area contributed by atoms with Crippen LogP contribution in [0.2, 0.25) is 0 Å². The largest absolute Gasteiger partial charge is 0.327 e. The Bertz CT molecular complexity index is 652. The van der Waals surface area contributed by atoms with E-state index in [0.717, 1.165) is 24.2 Å². The highest BCUT2D eigenvalue weighted by Gasteiger charge is 2.44. The first-order valence-corrected chi connectivity index (χ1v) is 8.50. The van der Waals surface area contributed by atoms with Crippen molar-refractivity contribution in [3.8, 4) is 0 Å². The van der Waals surface area contributed by atoms with Crippen LogP contribution < -0.4 is 5.32 Å². The molecule has 2 fully saturated rings. The summed E-state index contributed by atoms with van der Waals surface area (Å²) in [6.45, 7) is 4.16. The van der Waals surface area contributed by atoms with Crippen LogP contribution in [0.5, 0.6) is 0 Å². The van der Waals surface area contributed by atoms with Crippen LogP contribution in [0.4, 0.5) is 10.5 Å². The third kappa shape index (κ3) is 3.42. The van der Waals surface area contributed by atoms with Gasteiger partial charge < -0.3 is 10.2 Å². The molecule has 128 valence electrons. The topological polar surface area (TPSA) is 69.7 Å². The van der Waals surface area contributed by atoms with Gasteiger partial charge in [-0.2, -0.15) is 0 Å². The van der Waals surface area contributed by atoms with Crippen LogP contribution in [0, 0.1) is 0 Å². The van der Waals surface area contributed by atoms with Gasteiger partial charge in [-0.1, -0.05) is 26.0 Å². The molecular formula is C18H23N3O3. The van der Waals surface area contributed by atoms with Crippen molar-refractivity contribution in [1.82, 2.24) is 9.80 Å². The fraction of sp³-hybridized carbons (Fsp3) is 0.500. The number of nitrogens with one attached hydrogen (secondary N) is 1. The fourth-order valence-electron chi connectivity index (χ4n) is 2.86. The molecule has 0 aromatic heterocycles. The first-order valence-electron chi connectivity index (χ1n) is 8.50. The zero-order valence-corrected chi connectivity index (χ0v) is 14.1. The van der Waals surface area contributed by atoms with Gasteiger partial charge in [0.05, 0.1) is 0 Å². The number of benzene rings is 1. The van der Waals surface area contributed by atoms with Gasteiger partial charge in [0, 0.05) is 11.7 Å². The number of anilines is 1. The van der Waals surface area contributed by atoms with E-state index in [1.807, 2.05) is 24.3 Å². The summed E-state index contributed by atoms with van der Waals surface area (Å²) in [5, 5.41) is 2.75. The quantitative estimate of drug-likeness (QED) is 0.816. The number of carbonyl (C=O) groups is 3. The lowest BCUT2D eigenvalue weighted by molar-refractivity contribution is -0.129. The monoisotopic (exact) mass is 329 g/mol. The summed E-state index contributed by atoms with van der Waals surface area (Å²) in [5.74, 6) is -0.178. The molecule has 1 saturated carbocycles. The first-order chi connectivity index (χ1) is 11.5. The molecule has 1 aliphatic heterocycles. The van der Waals surface area contributed by atoms with Gasteiger partial charge in [0.15, 0.2) is 0 Å². The smallest absolute Gasteiger partial charge is 0.325 e. The second-order valence-corrected chi connectivity index (χ2v) is 6.60. The van der Waals surface area contributed by atoms with E-state index in [1.54, 1.807) is 4.90 Å². The SMILES string of the molecule is CCC(C)c1ccc(NC(=O)CN2C(=O)CN(C3CC3)C2=O)cc1. The lowest BCUT2D eigenvalue weighted by Crippen LogP contribution is -2.39. The normalized spacial score (nSPS) is 18.9. The Labute approximate surface area is 141 Å². The van der Waals surface area contributed by atoms with Gasteiger partial charge in [0.2, 0.25) is 5.91 Å². The number of imide groups is 1. The maximum atomic E-state index is 12.2. The highest BCUT2D eigenvalue weighted by atomic mass is 16.2. The molecule has 0 radical (unpaired) electrons. The highest BCUT2D eigenvalue weighted by molar-refractivity contribution is 6.06. The molecular weight excluding hydrogens is 306 g/mol. The van der Waals surface area contributed by atoms with Crippen molar-refractivity contribution < 1.29 is 14.4 Å². The molecule has 1 aromatic rings. The van der Waals surface area contributed by atoms with Crippen LogP contribution in [-0.2, 0) is 9.59 Å². The summed E-state index contributed by atoms with van der Waals surface area (Å²) in [7, 11) is 0. The van der Waals surface area contributed by atoms with E-state index in [-0.39, 0.29) is 37.0 Å². The Kier molecular flexibility index (Phi) is 4.55. The van der Waals surface area contributed by atoms with E-state index in [4.69, 9.17) is 0 Å². The second kappa shape index (κ2) is 6.63. The molecule has 3 rings (SSSR count). The molecule has 1 atom stereocenters. The molecule has 0 spiro atoms. The second-order valence-electron chi connectivity index (χ2n) is 6.60. The Morgan fingerprint density at radius 2 is 1.92 bits per heavy atom. The molecule has 6 heteroatoms. The predicted molar refractivity (Wildman–Crippen MR) is 90.6 cm³/mol. The van der Waals surface area contributed by atoms with E-state index in [1.165, 1.54) is 5.56 Å². The molecule has 6 nitrogen and oxygen atoms in total. The molecule has 1 N–H and O–H groups in total. The Balaban J connectivity index is 1.57. The van der Waals surface area contributed by atoms with Crippen LogP contribution in [0.3, 0.4) is 0 Å². The van der Waals surface area contributed by atoms with Gasteiger partial charge in [0.1, 0.15) is 13.1 Å². The standard InChI is InChI=1S/C18H23N3O3/c1-3-12(2)13-4-6-14(7-5-13)19-16(22)10-21-17(23)11-20(18(21)24)15-8-9-15/h4-7,12,15H,3,8-11H2,1-2H3,(H,19,22).